The highest BCUT2D eigenvalue weighted by atomic mass is 28.4. The molecule has 0 saturated carbocycles. The third-order valence-electron chi connectivity index (χ3n) is 6.01. The number of hydrogen-bond donors (Lipinski definition) is 0. The summed E-state index contributed by atoms with van der Waals surface area (Å²) in [6.07, 6.45) is 0. The lowest BCUT2D eigenvalue weighted by Gasteiger charge is -2.29. The van der Waals surface area contributed by atoms with Crippen molar-refractivity contribution in [1.29, 1.82) is 0 Å². The Balaban J connectivity index is 2.14. The molecule has 0 aromatic heterocycles. The van der Waals surface area contributed by atoms with Crippen LogP contribution in [-0.2, 0) is 26.6 Å². The fraction of sp³-hybridized carbons (Fsp3) is 0.400. The largest absolute Gasteiger partial charge is 0.537 e. The zero-order valence-electron chi connectivity index (χ0n) is 23.6. The summed E-state index contributed by atoms with van der Waals surface area (Å²) < 4.78 is 37.0. The summed E-state index contributed by atoms with van der Waals surface area (Å²) in [4.78, 5) is 0. The van der Waals surface area contributed by atoms with E-state index in [9.17, 15) is 0 Å². The summed E-state index contributed by atoms with van der Waals surface area (Å²) in [6, 6.07) is 25.2. The van der Waals surface area contributed by atoms with Crippen LogP contribution in [0.1, 0.15) is 41.5 Å². The number of hydrogen-bond acceptors (Lipinski definition) is 6. The lowest BCUT2D eigenvalue weighted by Crippen LogP contribution is -2.57. The van der Waals surface area contributed by atoms with E-state index >= 15 is 0 Å². The summed E-state index contributed by atoms with van der Waals surface area (Å²) in [5, 5.41) is 1.91. The van der Waals surface area contributed by atoms with E-state index in [1.165, 1.54) is 0 Å². The molecule has 0 bridgehead atoms. The molecule has 0 radical (unpaired) electrons. The molecular weight excluding hydrogens is 512 g/mol. The van der Waals surface area contributed by atoms with E-state index in [0.29, 0.717) is 39.6 Å². The van der Waals surface area contributed by atoms with Crippen molar-refractivity contribution < 1.29 is 26.6 Å². The second-order valence-electron chi connectivity index (χ2n) is 8.41. The molecule has 6 nitrogen and oxygen atoms in total. The Hall–Kier alpha value is -2.15. The molecule has 3 rings (SSSR count). The Morgan fingerprint density at radius 2 is 0.816 bits per heavy atom. The van der Waals surface area contributed by atoms with Crippen LogP contribution in [0.15, 0.2) is 72.8 Å². The lowest BCUT2D eigenvalue weighted by atomic mass is 9.95. The van der Waals surface area contributed by atoms with Crippen molar-refractivity contribution in [3.63, 3.8) is 0 Å². The van der Waals surface area contributed by atoms with Crippen molar-refractivity contribution in [2.75, 3.05) is 39.6 Å². The Bertz CT molecular complexity index is 1070. The van der Waals surface area contributed by atoms with E-state index in [1.54, 1.807) is 0 Å². The first kappa shape index (κ1) is 30.4. The van der Waals surface area contributed by atoms with Crippen LogP contribution in [0.3, 0.4) is 0 Å². The molecule has 0 N–H and O–H groups in total. The van der Waals surface area contributed by atoms with Crippen LogP contribution in [0.25, 0.3) is 22.3 Å². The SMILES string of the molecule is CCO[Si](OCC)(OCC)c1ccc(-c2ccc([Si](OCC)(OCC)OCC)cc2-c2ccccc2)cc1. The van der Waals surface area contributed by atoms with Crippen LogP contribution >= 0.6 is 0 Å². The van der Waals surface area contributed by atoms with Gasteiger partial charge in [-0.3, -0.25) is 0 Å². The van der Waals surface area contributed by atoms with Crippen molar-refractivity contribution in [2.24, 2.45) is 0 Å². The van der Waals surface area contributed by atoms with E-state index in [0.717, 1.165) is 32.6 Å². The monoisotopic (exact) mass is 554 g/mol. The highest BCUT2D eigenvalue weighted by Crippen LogP contribution is 2.32. The maximum absolute atomic E-state index is 6.21. The van der Waals surface area contributed by atoms with Gasteiger partial charge in [0.2, 0.25) is 0 Å². The van der Waals surface area contributed by atoms with Gasteiger partial charge in [0.05, 0.1) is 0 Å². The average molecular weight is 555 g/mol. The van der Waals surface area contributed by atoms with Gasteiger partial charge in [0, 0.05) is 50.0 Å². The minimum atomic E-state index is -3.07. The van der Waals surface area contributed by atoms with Crippen LogP contribution in [0, 0.1) is 0 Å². The molecule has 0 spiro atoms. The normalized spacial score (nSPS) is 12.2. The topological polar surface area (TPSA) is 55.4 Å². The molecule has 3 aromatic rings. The van der Waals surface area contributed by atoms with Crippen LogP contribution in [0.4, 0.5) is 0 Å². The standard InChI is InChI=1S/C30H42O6Si2/c1-7-31-37(32-8-2,33-9-3)27-20-18-26(19-21-27)29-23-22-28(24-30(29)25-16-14-13-15-17-25)38(34-10-4,35-11-5)36-12-6/h13-24H,7-12H2,1-6H3. The van der Waals surface area contributed by atoms with Gasteiger partial charge in [0.15, 0.2) is 0 Å². The molecule has 3 aromatic carbocycles. The molecule has 0 fully saturated rings. The zero-order chi connectivity index (χ0) is 27.4. The summed E-state index contributed by atoms with van der Waals surface area (Å²) in [5.74, 6) is 0. The third kappa shape index (κ3) is 6.88. The van der Waals surface area contributed by atoms with Gasteiger partial charge in [0.25, 0.3) is 0 Å². The first-order valence-electron chi connectivity index (χ1n) is 13.7. The van der Waals surface area contributed by atoms with Crippen LogP contribution in [0.2, 0.25) is 0 Å². The summed E-state index contributed by atoms with van der Waals surface area (Å²) in [5.41, 5.74) is 4.40. The third-order valence-corrected chi connectivity index (χ3v) is 12.1. The molecule has 0 aliphatic carbocycles. The van der Waals surface area contributed by atoms with Crippen molar-refractivity contribution in [2.45, 2.75) is 41.5 Å². The molecule has 206 valence electrons. The van der Waals surface area contributed by atoms with Crippen molar-refractivity contribution in [1.82, 2.24) is 0 Å². The van der Waals surface area contributed by atoms with Crippen molar-refractivity contribution in [3.8, 4) is 22.3 Å². The van der Waals surface area contributed by atoms with Crippen LogP contribution in [0.5, 0.6) is 0 Å². The van der Waals surface area contributed by atoms with Gasteiger partial charge in [-0.2, -0.15) is 0 Å². The van der Waals surface area contributed by atoms with Gasteiger partial charge < -0.3 is 26.6 Å². The average Bonchev–Trinajstić information content (AvgIpc) is 2.94. The minimum Gasteiger partial charge on any atom is -0.370 e. The van der Waals surface area contributed by atoms with Gasteiger partial charge in [-0.05, 0) is 69.9 Å². The smallest absolute Gasteiger partial charge is 0.370 e. The zero-order valence-corrected chi connectivity index (χ0v) is 25.6. The van der Waals surface area contributed by atoms with Gasteiger partial charge in [-0.25, -0.2) is 0 Å². The summed E-state index contributed by atoms with van der Waals surface area (Å²) >= 11 is 0. The first-order valence-corrected chi connectivity index (χ1v) is 17.1. The van der Waals surface area contributed by atoms with Gasteiger partial charge in [0.1, 0.15) is 0 Å². The Kier molecular flexibility index (Phi) is 11.9. The molecule has 0 aliphatic rings. The molecule has 0 heterocycles. The van der Waals surface area contributed by atoms with Crippen molar-refractivity contribution >= 4 is 28.0 Å². The van der Waals surface area contributed by atoms with E-state index in [-0.39, 0.29) is 0 Å². The molecule has 8 heteroatoms. The summed E-state index contributed by atoms with van der Waals surface area (Å²) in [6.45, 7) is 15.0. The lowest BCUT2D eigenvalue weighted by molar-refractivity contribution is 0.0851. The Morgan fingerprint density at radius 1 is 0.421 bits per heavy atom. The van der Waals surface area contributed by atoms with E-state index in [1.807, 2.05) is 47.6 Å². The summed E-state index contributed by atoms with van der Waals surface area (Å²) in [7, 11) is -6.04. The molecule has 0 atom stereocenters. The highest BCUT2D eigenvalue weighted by Gasteiger charge is 2.44. The Labute approximate surface area is 230 Å². The molecule has 0 unspecified atom stereocenters. The first-order chi connectivity index (χ1) is 18.5. The van der Waals surface area contributed by atoms with E-state index in [4.69, 9.17) is 26.6 Å². The second-order valence-corrected chi connectivity index (χ2v) is 13.5. The number of rotatable bonds is 16. The van der Waals surface area contributed by atoms with Crippen LogP contribution in [-0.4, -0.2) is 57.3 Å². The maximum atomic E-state index is 6.21. The molecule has 0 amide bonds. The van der Waals surface area contributed by atoms with Crippen LogP contribution < -0.4 is 10.4 Å². The molecule has 38 heavy (non-hydrogen) atoms. The second kappa shape index (κ2) is 14.9. The molecular formula is C30H42O6Si2. The highest BCUT2D eigenvalue weighted by molar-refractivity contribution is 6.76. The minimum absolute atomic E-state index is 0.515. The fourth-order valence-electron chi connectivity index (χ4n) is 4.59. The predicted molar refractivity (Wildman–Crippen MR) is 158 cm³/mol. The fourth-order valence-corrected chi connectivity index (χ4v) is 9.55. The van der Waals surface area contributed by atoms with E-state index < -0.39 is 17.6 Å². The van der Waals surface area contributed by atoms with E-state index in [2.05, 4.69) is 66.7 Å². The predicted octanol–water partition coefficient (Wildman–Crippen LogP) is 5.53. The van der Waals surface area contributed by atoms with Crippen molar-refractivity contribution in [3.05, 3.63) is 72.8 Å². The Morgan fingerprint density at radius 3 is 1.26 bits per heavy atom. The quantitative estimate of drug-likeness (QED) is 0.217. The maximum Gasteiger partial charge on any atom is 0.537 e. The molecule has 0 saturated heterocycles. The van der Waals surface area contributed by atoms with Gasteiger partial charge in [-0.15, -0.1) is 0 Å². The molecule has 0 aliphatic heterocycles. The van der Waals surface area contributed by atoms with Gasteiger partial charge >= 0.3 is 17.6 Å². The van der Waals surface area contributed by atoms with Gasteiger partial charge in [-0.1, -0.05) is 66.7 Å². The number of benzene rings is 3.